The number of aromatic hydroxyl groups is 1. The van der Waals surface area contributed by atoms with Crippen LogP contribution in [0.5, 0.6) is 5.75 Å². The highest BCUT2D eigenvalue weighted by molar-refractivity contribution is 5.86. The van der Waals surface area contributed by atoms with E-state index in [1.165, 1.54) is 6.92 Å². The minimum absolute atomic E-state index is 0.0238. The summed E-state index contributed by atoms with van der Waals surface area (Å²) in [4.78, 5) is 93.0. The third-order valence-electron chi connectivity index (χ3n) is 13.2. The van der Waals surface area contributed by atoms with Crippen molar-refractivity contribution in [3.8, 4) is 5.75 Å². The van der Waals surface area contributed by atoms with Crippen LogP contribution in [0.3, 0.4) is 0 Å². The van der Waals surface area contributed by atoms with E-state index in [0.717, 1.165) is 24.8 Å². The normalized spacial score (nSPS) is 26.8. The van der Waals surface area contributed by atoms with Gasteiger partial charge in [0.2, 0.25) is 41.4 Å². The van der Waals surface area contributed by atoms with Gasteiger partial charge in [-0.2, -0.15) is 0 Å². The Labute approximate surface area is 378 Å². The fraction of sp³-hybridized carbons (Fsp3) is 0.723. The predicted molar refractivity (Wildman–Crippen MR) is 242 cm³/mol. The van der Waals surface area contributed by atoms with Gasteiger partial charge >= 0.3 is 0 Å². The Bertz CT molecular complexity index is 1780. The van der Waals surface area contributed by atoms with Gasteiger partial charge in [0, 0.05) is 76.2 Å². The molecule has 2 aliphatic heterocycles. The summed E-state index contributed by atoms with van der Waals surface area (Å²) in [5.74, 6) is -2.70. The summed E-state index contributed by atoms with van der Waals surface area (Å²) in [7, 11) is 0. The maximum absolute atomic E-state index is 13.9. The summed E-state index contributed by atoms with van der Waals surface area (Å²) >= 11 is 0. The molecular formula is C47H75N9O8. The largest absolute Gasteiger partial charge is 0.508 e. The number of benzene rings is 1. The standard InChI is InChI=1S/C47H75N9O8/c1-26(2)17-31(52-44(61)34-9-7-11-38(34)51-29(6)57)20-42(59)54-39-12-8-10-35(39)45(62)53-32(18-27(3)4)21-43(60)55-40-24-48-22-36(40)47(64)56-41-25-49-23-37(41)46(63)50-28(5)19-30-13-15-33(58)16-14-30/h13-16,26-28,31-32,34-41,48-49,58H,7-12,17-25H2,1-6H3,(H,50,63)(H,51,57)(H,52,61)(H,53,62)(H,54,59)(H,55,60)(H,56,64)/t28-,31+,32+,34?,35?,36?,37?,38?,39?,40?,41?/m1/s1. The molecule has 0 spiro atoms. The number of phenols is 1. The summed E-state index contributed by atoms with van der Waals surface area (Å²) < 4.78 is 0. The van der Waals surface area contributed by atoms with Gasteiger partial charge in [0.05, 0.1) is 35.8 Å². The van der Waals surface area contributed by atoms with Crippen LogP contribution in [0.4, 0.5) is 0 Å². The molecule has 2 aliphatic carbocycles. The zero-order chi connectivity index (χ0) is 46.5. The van der Waals surface area contributed by atoms with Crippen molar-refractivity contribution in [1.82, 2.24) is 47.9 Å². The van der Waals surface area contributed by atoms with Gasteiger partial charge in [-0.25, -0.2) is 0 Å². The third-order valence-corrected chi connectivity index (χ3v) is 13.2. The summed E-state index contributed by atoms with van der Waals surface area (Å²) in [6, 6.07) is 4.35. The highest BCUT2D eigenvalue weighted by Crippen LogP contribution is 2.28. The topological polar surface area (TPSA) is 248 Å². The molecule has 17 nitrogen and oxygen atoms in total. The van der Waals surface area contributed by atoms with E-state index in [4.69, 9.17) is 0 Å². The molecule has 1 aromatic carbocycles. The summed E-state index contributed by atoms with van der Waals surface area (Å²) in [5.41, 5.74) is 0.981. The average molecular weight is 894 g/mol. The Balaban J connectivity index is 1.10. The van der Waals surface area contributed by atoms with Crippen LogP contribution in [0.2, 0.25) is 0 Å². The minimum atomic E-state index is -0.556. The Hall–Kier alpha value is -4.77. The lowest BCUT2D eigenvalue weighted by atomic mass is 9.96. The van der Waals surface area contributed by atoms with Crippen molar-refractivity contribution < 1.29 is 38.7 Å². The first-order valence-electron chi connectivity index (χ1n) is 23.7. The Morgan fingerprint density at radius 3 is 1.52 bits per heavy atom. The number of rotatable bonds is 21. The molecule has 8 unspecified atom stereocenters. The zero-order valence-corrected chi connectivity index (χ0v) is 38.7. The van der Waals surface area contributed by atoms with E-state index < -0.39 is 41.9 Å². The Morgan fingerprint density at radius 1 is 0.562 bits per heavy atom. The average Bonchev–Trinajstić information content (AvgIpc) is 4.03. The first kappa shape index (κ1) is 50.2. The second-order valence-corrected chi connectivity index (χ2v) is 19.7. The van der Waals surface area contributed by atoms with Gasteiger partial charge in [-0.3, -0.25) is 33.6 Å². The molecule has 4 aliphatic rings. The summed E-state index contributed by atoms with van der Waals surface area (Å²) in [6.07, 6.45) is 6.12. The van der Waals surface area contributed by atoms with Crippen LogP contribution in [0.15, 0.2) is 24.3 Å². The van der Waals surface area contributed by atoms with Gasteiger partial charge in [0.1, 0.15) is 5.75 Å². The molecule has 0 bridgehead atoms. The lowest BCUT2D eigenvalue weighted by Crippen LogP contribution is -2.53. The number of phenolic OH excluding ortho intramolecular Hbond substituents is 1. The van der Waals surface area contributed by atoms with Gasteiger partial charge < -0.3 is 53.0 Å². The Kier molecular flexibility index (Phi) is 18.8. The second-order valence-electron chi connectivity index (χ2n) is 19.7. The molecule has 2 saturated carbocycles. The van der Waals surface area contributed by atoms with Crippen LogP contribution in [0, 0.1) is 35.5 Å². The monoisotopic (exact) mass is 894 g/mol. The third kappa shape index (κ3) is 15.2. The molecule has 64 heavy (non-hydrogen) atoms. The van der Waals surface area contributed by atoms with Crippen molar-refractivity contribution in [2.45, 2.75) is 154 Å². The van der Waals surface area contributed by atoms with Crippen molar-refractivity contribution in [2.24, 2.45) is 35.5 Å². The maximum Gasteiger partial charge on any atom is 0.226 e. The number of amides is 7. The minimum Gasteiger partial charge on any atom is -0.508 e. The van der Waals surface area contributed by atoms with E-state index in [0.29, 0.717) is 64.7 Å². The van der Waals surface area contributed by atoms with Gasteiger partial charge in [-0.1, -0.05) is 52.7 Å². The number of hydrogen-bond donors (Lipinski definition) is 10. The molecule has 5 rings (SSSR count). The lowest BCUT2D eigenvalue weighted by Gasteiger charge is -2.28. The molecule has 4 fully saturated rings. The van der Waals surface area contributed by atoms with Crippen LogP contribution in [0.25, 0.3) is 0 Å². The van der Waals surface area contributed by atoms with Crippen molar-refractivity contribution in [3.63, 3.8) is 0 Å². The molecule has 2 saturated heterocycles. The molecule has 356 valence electrons. The van der Waals surface area contributed by atoms with Crippen molar-refractivity contribution in [1.29, 1.82) is 0 Å². The van der Waals surface area contributed by atoms with Crippen molar-refractivity contribution >= 4 is 41.4 Å². The number of carbonyl (C=O) groups is 7. The van der Waals surface area contributed by atoms with E-state index in [1.807, 2.05) is 46.8 Å². The van der Waals surface area contributed by atoms with Crippen LogP contribution in [0.1, 0.15) is 111 Å². The highest BCUT2D eigenvalue weighted by atomic mass is 16.3. The van der Waals surface area contributed by atoms with Gasteiger partial charge in [0.25, 0.3) is 0 Å². The van der Waals surface area contributed by atoms with E-state index in [9.17, 15) is 38.7 Å². The molecule has 17 heteroatoms. The summed E-state index contributed by atoms with van der Waals surface area (Å²) in [6.45, 7) is 13.1. The summed E-state index contributed by atoms with van der Waals surface area (Å²) in [5, 5.41) is 37.4. The van der Waals surface area contributed by atoms with Crippen molar-refractivity contribution in [3.05, 3.63) is 29.8 Å². The first-order valence-corrected chi connectivity index (χ1v) is 23.7. The molecule has 11 atom stereocenters. The van der Waals surface area contributed by atoms with Gasteiger partial charge in [0.15, 0.2) is 0 Å². The van der Waals surface area contributed by atoms with E-state index in [-0.39, 0.29) is 95.8 Å². The Morgan fingerprint density at radius 2 is 1.02 bits per heavy atom. The number of hydrogen-bond acceptors (Lipinski definition) is 10. The van der Waals surface area contributed by atoms with E-state index in [2.05, 4.69) is 47.9 Å². The van der Waals surface area contributed by atoms with E-state index in [1.54, 1.807) is 12.1 Å². The fourth-order valence-corrected chi connectivity index (χ4v) is 10.2. The number of carbonyl (C=O) groups excluding carboxylic acids is 7. The highest BCUT2D eigenvalue weighted by Gasteiger charge is 2.41. The maximum atomic E-state index is 13.9. The smallest absolute Gasteiger partial charge is 0.226 e. The SMILES string of the molecule is CC(=O)NC1CCCC1C(=O)N[C@H](CC(=O)NC1CCCC1C(=O)N[C@H](CC(=O)NC1CNCC1C(=O)NC1CNCC1C(=O)N[C@H](C)Cc1ccc(O)cc1)CC(C)C)CC(C)C. The van der Waals surface area contributed by atoms with Crippen LogP contribution >= 0.6 is 0 Å². The molecule has 1 aromatic rings. The molecular weight excluding hydrogens is 819 g/mol. The zero-order valence-electron chi connectivity index (χ0n) is 38.7. The first-order chi connectivity index (χ1) is 30.4. The van der Waals surface area contributed by atoms with Crippen LogP contribution in [-0.4, -0.2) is 115 Å². The van der Waals surface area contributed by atoms with Crippen LogP contribution in [-0.2, 0) is 40.0 Å². The second kappa shape index (κ2) is 24.0. The fourth-order valence-electron chi connectivity index (χ4n) is 10.2. The van der Waals surface area contributed by atoms with E-state index >= 15 is 0 Å². The number of nitrogens with one attached hydrogen (secondary N) is 9. The quantitative estimate of drug-likeness (QED) is 0.0848. The molecule has 2 heterocycles. The van der Waals surface area contributed by atoms with Crippen molar-refractivity contribution in [2.75, 3.05) is 26.2 Å². The van der Waals surface area contributed by atoms with Gasteiger partial charge in [-0.15, -0.1) is 0 Å². The van der Waals surface area contributed by atoms with Crippen LogP contribution < -0.4 is 47.9 Å². The lowest BCUT2D eigenvalue weighted by molar-refractivity contribution is -0.130. The molecule has 0 aromatic heterocycles. The van der Waals surface area contributed by atoms with Gasteiger partial charge in [-0.05, 0) is 81.4 Å². The molecule has 10 N–H and O–H groups in total. The molecule has 7 amide bonds. The molecule has 0 radical (unpaired) electrons. The predicted octanol–water partition coefficient (Wildman–Crippen LogP) is 1.28.